The van der Waals surface area contributed by atoms with E-state index in [1.807, 2.05) is 10.7 Å². The molecule has 7 heteroatoms. The quantitative estimate of drug-likeness (QED) is 0.839. The highest BCUT2D eigenvalue weighted by molar-refractivity contribution is 7.88. The topological polar surface area (TPSA) is 67.2 Å². The second-order valence-corrected chi connectivity index (χ2v) is 7.51. The third-order valence-electron chi connectivity index (χ3n) is 3.75. The van der Waals surface area contributed by atoms with E-state index in [0.29, 0.717) is 6.54 Å². The van der Waals surface area contributed by atoms with Crippen molar-refractivity contribution in [2.45, 2.75) is 25.4 Å². The summed E-state index contributed by atoms with van der Waals surface area (Å²) in [5.74, 6) is 0.845. The van der Waals surface area contributed by atoms with Gasteiger partial charge in [0.25, 0.3) is 0 Å². The molecule has 2 aliphatic rings. The lowest BCUT2D eigenvalue weighted by molar-refractivity contribution is 0.169. The molecule has 1 saturated carbocycles. The molecule has 0 amide bonds. The molecule has 2 heterocycles. The second kappa shape index (κ2) is 4.88. The summed E-state index contributed by atoms with van der Waals surface area (Å²) >= 11 is 0. The minimum absolute atomic E-state index is 0.0900. The molecule has 3 rings (SSSR count). The van der Waals surface area contributed by atoms with Gasteiger partial charge in [-0.25, -0.2) is 13.1 Å². The minimum Gasteiger partial charge on any atom is -0.295 e. The summed E-state index contributed by atoms with van der Waals surface area (Å²) < 4.78 is 27.0. The summed E-state index contributed by atoms with van der Waals surface area (Å²) in [6.45, 7) is 3.33. The molecule has 1 fully saturated rings. The number of nitrogens with zero attached hydrogens (tertiary/aromatic N) is 3. The van der Waals surface area contributed by atoms with Crippen molar-refractivity contribution in [1.82, 2.24) is 19.4 Å². The van der Waals surface area contributed by atoms with Gasteiger partial charge in [-0.2, -0.15) is 5.10 Å². The zero-order chi connectivity index (χ0) is 13.5. The SMILES string of the molecule is CS(=O)(=O)NC[C@@H]1CN(CC2CC2)Cc2ccnn21. The van der Waals surface area contributed by atoms with Crippen molar-refractivity contribution in [2.75, 3.05) is 25.9 Å². The Morgan fingerprint density at radius 3 is 2.95 bits per heavy atom. The molecular formula is C12H20N4O2S. The van der Waals surface area contributed by atoms with Gasteiger partial charge >= 0.3 is 0 Å². The Bertz CT molecular complexity index is 550. The second-order valence-electron chi connectivity index (χ2n) is 5.68. The van der Waals surface area contributed by atoms with Crippen LogP contribution in [-0.4, -0.2) is 49.0 Å². The number of fused-ring (bicyclic) bond motifs is 1. The van der Waals surface area contributed by atoms with E-state index in [9.17, 15) is 8.42 Å². The lowest BCUT2D eigenvalue weighted by Gasteiger charge is -2.33. The van der Waals surface area contributed by atoms with Crippen LogP contribution in [-0.2, 0) is 16.6 Å². The van der Waals surface area contributed by atoms with Crippen LogP contribution in [0.25, 0.3) is 0 Å². The summed E-state index contributed by atoms with van der Waals surface area (Å²) in [5, 5.41) is 4.32. The average Bonchev–Trinajstić information content (AvgIpc) is 3.00. The predicted octanol–water partition coefficient (Wildman–Crippen LogP) is 0.199. The number of rotatable bonds is 5. The van der Waals surface area contributed by atoms with Crippen molar-refractivity contribution in [2.24, 2.45) is 5.92 Å². The molecule has 6 nitrogen and oxygen atoms in total. The number of sulfonamides is 1. The van der Waals surface area contributed by atoms with Crippen molar-refractivity contribution < 1.29 is 8.42 Å². The lowest BCUT2D eigenvalue weighted by Crippen LogP contribution is -2.43. The first kappa shape index (κ1) is 13.1. The molecule has 0 saturated heterocycles. The molecule has 19 heavy (non-hydrogen) atoms. The Balaban J connectivity index is 1.70. The Kier molecular flexibility index (Phi) is 3.36. The van der Waals surface area contributed by atoms with Gasteiger partial charge in [-0.1, -0.05) is 0 Å². The fourth-order valence-electron chi connectivity index (χ4n) is 2.67. The maximum atomic E-state index is 11.2. The van der Waals surface area contributed by atoms with Crippen LogP contribution in [0.3, 0.4) is 0 Å². The molecule has 0 radical (unpaired) electrons. The molecule has 1 aliphatic heterocycles. The van der Waals surface area contributed by atoms with Crippen LogP contribution in [0.2, 0.25) is 0 Å². The third kappa shape index (κ3) is 3.34. The van der Waals surface area contributed by atoms with Crippen LogP contribution >= 0.6 is 0 Å². The van der Waals surface area contributed by atoms with Gasteiger partial charge in [0.1, 0.15) is 0 Å². The molecule has 1 N–H and O–H groups in total. The molecule has 1 aromatic heterocycles. The van der Waals surface area contributed by atoms with Crippen molar-refractivity contribution in [3.05, 3.63) is 18.0 Å². The number of aromatic nitrogens is 2. The van der Waals surface area contributed by atoms with Crippen molar-refractivity contribution in [3.8, 4) is 0 Å². The Morgan fingerprint density at radius 1 is 1.47 bits per heavy atom. The molecule has 106 valence electrons. The highest BCUT2D eigenvalue weighted by atomic mass is 32.2. The molecule has 0 bridgehead atoms. The van der Waals surface area contributed by atoms with Gasteiger partial charge in [0.2, 0.25) is 10.0 Å². The Morgan fingerprint density at radius 2 is 2.26 bits per heavy atom. The fourth-order valence-corrected chi connectivity index (χ4v) is 3.16. The highest BCUT2D eigenvalue weighted by Crippen LogP contribution is 2.31. The summed E-state index contributed by atoms with van der Waals surface area (Å²) in [6.07, 6.45) is 5.66. The molecule has 1 aromatic rings. The normalized spacial score (nSPS) is 24.4. The average molecular weight is 284 g/mol. The van der Waals surface area contributed by atoms with Gasteiger partial charge < -0.3 is 0 Å². The van der Waals surface area contributed by atoms with E-state index in [0.717, 1.165) is 25.6 Å². The van der Waals surface area contributed by atoms with Crippen LogP contribution in [0, 0.1) is 5.92 Å². The van der Waals surface area contributed by atoms with Gasteiger partial charge in [0.05, 0.1) is 18.0 Å². The largest absolute Gasteiger partial charge is 0.295 e. The first-order valence-electron chi connectivity index (χ1n) is 6.70. The predicted molar refractivity (Wildman–Crippen MR) is 72.1 cm³/mol. The van der Waals surface area contributed by atoms with Crippen LogP contribution in [0.15, 0.2) is 12.3 Å². The van der Waals surface area contributed by atoms with E-state index in [4.69, 9.17) is 0 Å². The minimum atomic E-state index is -3.15. The zero-order valence-electron chi connectivity index (χ0n) is 11.1. The monoisotopic (exact) mass is 284 g/mol. The van der Waals surface area contributed by atoms with Gasteiger partial charge in [-0.05, 0) is 24.8 Å². The molecule has 0 unspecified atom stereocenters. The van der Waals surface area contributed by atoms with E-state index >= 15 is 0 Å². The van der Waals surface area contributed by atoms with E-state index in [2.05, 4.69) is 14.7 Å². The molecule has 1 atom stereocenters. The molecule has 0 aromatic carbocycles. The molecular weight excluding hydrogens is 264 g/mol. The zero-order valence-corrected chi connectivity index (χ0v) is 11.9. The van der Waals surface area contributed by atoms with Gasteiger partial charge in [0.15, 0.2) is 0 Å². The molecule has 1 aliphatic carbocycles. The summed E-state index contributed by atoms with van der Waals surface area (Å²) in [4.78, 5) is 2.42. The highest BCUT2D eigenvalue weighted by Gasteiger charge is 2.30. The standard InChI is InChI=1S/C12H20N4O2S/c1-19(17,18)14-6-12-9-15(7-10-2-3-10)8-11-4-5-13-16(11)12/h4-5,10,12,14H,2-3,6-9H2,1H3/t12-/m1/s1. The fraction of sp³-hybridized carbons (Fsp3) is 0.750. The van der Waals surface area contributed by atoms with Crippen molar-refractivity contribution in [1.29, 1.82) is 0 Å². The van der Waals surface area contributed by atoms with E-state index in [1.165, 1.54) is 24.8 Å². The number of nitrogens with one attached hydrogen (secondary N) is 1. The molecule has 0 spiro atoms. The van der Waals surface area contributed by atoms with Gasteiger partial charge in [-0.3, -0.25) is 9.58 Å². The Labute approximate surface area is 113 Å². The summed E-state index contributed by atoms with van der Waals surface area (Å²) in [6, 6.07) is 2.11. The van der Waals surface area contributed by atoms with E-state index in [-0.39, 0.29) is 6.04 Å². The van der Waals surface area contributed by atoms with Crippen LogP contribution < -0.4 is 4.72 Å². The summed E-state index contributed by atoms with van der Waals surface area (Å²) in [7, 11) is -3.15. The van der Waals surface area contributed by atoms with Gasteiger partial charge in [-0.15, -0.1) is 0 Å². The number of hydrogen-bond acceptors (Lipinski definition) is 4. The Hall–Kier alpha value is -0.920. The van der Waals surface area contributed by atoms with E-state index < -0.39 is 10.0 Å². The smallest absolute Gasteiger partial charge is 0.208 e. The van der Waals surface area contributed by atoms with Crippen LogP contribution in [0.1, 0.15) is 24.6 Å². The summed E-state index contributed by atoms with van der Waals surface area (Å²) in [5.41, 5.74) is 1.17. The van der Waals surface area contributed by atoms with Crippen LogP contribution in [0.4, 0.5) is 0 Å². The maximum absolute atomic E-state index is 11.2. The van der Waals surface area contributed by atoms with E-state index in [1.54, 1.807) is 6.20 Å². The number of hydrogen-bond donors (Lipinski definition) is 1. The maximum Gasteiger partial charge on any atom is 0.208 e. The van der Waals surface area contributed by atoms with Crippen LogP contribution in [0.5, 0.6) is 0 Å². The third-order valence-corrected chi connectivity index (χ3v) is 4.44. The lowest BCUT2D eigenvalue weighted by atomic mass is 10.2. The first-order chi connectivity index (χ1) is 9.01. The van der Waals surface area contributed by atoms with Crippen molar-refractivity contribution in [3.63, 3.8) is 0 Å². The first-order valence-corrected chi connectivity index (χ1v) is 8.60. The van der Waals surface area contributed by atoms with Crippen molar-refractivity contribution >= 4 is 10.0 Å². The van der Waals surface area contributed by atoms with Gasteiger partial charge in [0, 0.05) is 32.4 Å².